The van der Waals surface area contributed by atoms with E-state index in [1.807, 2.05) is 0 Å². The van der Waals surface area contributed by atoms with Gasteiger partial charge < -0.3 is 15.9 Å². The Hall–Kier alpha value is -0.120. The second-order valence-electron chi connectivity index (χ2n) is 3.29. The summed E-state index contributed by atoms with van der Waals surface area (Å²) in [5, 5.41) is 17.6. The Labute approximate surface area is 60.9 Å². The van der Waals surface area contributed by atoms with Crippen molar-refractivity contribution in [3.05, 3.63) is 0 Å². The van der Waals surface area contributed by atoms with E-state index >= 15 is 0 Å². The van der Waals surface area contributed by atoms with E-state index < -0.39 is 11.8 Å². The van der Waals surface area contributed by atoms with Gasteiger partial charge in [-0.1, -0.05) is 13.3 Å². The van der Waals surface area contributed by atoms with Crippen LogP contribution in [-0.2, 0) is 0 Å². The Morgan fingerprint density at radius 1 is 1.60 bits per heavy atom. The minimum absolute atomic E-state index is 0.604. The third-order valence-electron chi connectivity index (χ3n) is 2.43. The number of aliphatic hydroxyl groups excluding tert-OH is 1. The van der Waals surface area contributed by atoms with Gasteiger partial charge in [-0.2, -0.15) is 0 Å². The van der Waals surface area contributed by atoms with Gasteiger partial charge in [0, 0.05) is 0 Å². The number of aliphatic hydroxyl groups is 2. The molecule has 0 amide bonds. The Balaban J connectivity index is 2.34. The highest BCUT2D eigenvalue weighted by molar-refractivity contribution is 4.99. The maximum atomic E-state index is 8.78. The minimum Gasteiger partial charge on any atom is -0.367 e. The molecule has 0 saturated heterocycles. The lowest BCUT2D eigenvalue weighted by molar-refractivity contribution is -0.135. The Bertz CT molecular complexity index is 119. The summed E-state index contributed by atoms with van der Waals surface area (Å²) in [5.74, 6) is 0.604. The molecule has 0 aromatic rings. The molecule has 0 aromatic heterocycles. The van der Waals surface area contributed by atoms with E-state index in [4.69, 9.17) is 15.9 Å². The third-order valence-corrected chi connectivity index (χ3v) is 2.43. The molecule has 0 aromatic carbocycles. The van der Waals surface area contributed by atoms with Crippen molar-refractivity contribution in [2.75, 3.05) is 0 Å². The van der Waals surface area contributed by atoms with Gasteiger partial charge in [0.05, 0.1) is 5.54 Å². The summed E-state index contributed by atoms with van der Waals surface area (Å²) in [6, 6.07) is 0. The first-order valence-corrected chi connectivity index (χ1v) is 3.73. The molecule has 3 nitrogen and oxygen atoms in total. The van der Waals surface area contributed by atoms with E-state index in [9.17, 15) is 0 Å². The van der Waals surface area contributed by atoms with Crippen molar-refractivity contribution in [1.29, 1.82) is 0 Å². The molecule has 0 bridgehead atoms. The van der Waals surface area contributed by atoms with Gasteiger partial charge in [-0.3, -0.25) is 0 Å². The fourth-order valence-corrected chi connectivity index (χ4v) is 1.51. The van der Waals surface area contributed by atoms with E-state index in [0.717, 1.165) is 19.3 Å². The highest BCUT2D eigenvalue weighted by atomic mass is 16.5. The third kappa shape index (κ3) is 1.17. The molecular formula is C7H15NO2. The summed E-state index contributed by atoms with van der Waals surface area (Å²) in [5.41, 5.74) is 4.92. The molecule has 1 rings (SSSR count). The van der Waals surface area contributed by atoms with E-state index in [-0.39, 0.29) is 0 Å². The Kier molecular flexibility index (Phi) is 1.99. The molecule has 0 spiro atoms. The monoisotopic (exact) mass is 145 g/mol. The molecule has 1 fully saturated rings. The van der Waals surface area contributed by atoms with Gasteiger partial charge in [0.1, 0.15) is 0 Å². The summed E-state index contributed by atoms with van der Waals surface area (Å²) in [4.78, 5) is 0. The first-order valence-electron chi connectivity index (χ1n) is 3.73. The standard InChI is InChI=1S/C7H15NO2/c1-2-5-3-7(8,4-5)6(9)10/h5-6,9-10H,2-4,8H2,1H3. The zero-order valence-corrected chi connectivity index (χ0v) is 6.25. The van der Waals surface area contributed by atoms with Gasteiger partial charge in [0.2, 0.25) is 0 Å². The van der Waals surface area contributed by atoms with Gasteiger partial charge in [0.25, 0.3) is 0 Å². The first-order chi connectivity index (χ1) is 4.58. The van der Waals surface area contributed by atoms with Crippen molar-refractivity contribution >= 4 is 0 Å². The highest BCUT2D eigenvalue weighted by Crippen LogP contribution is 2.39. The summed E-state index contributed by atoms with van der Waals surface area (Å²) in [7, 11) is 0. The van der Waals surface area contributed by atoms with E-state index in [1.165, 1.54) is 0 Å². The van der Waals surface area contributed by atoms with Crippen molar-refractivity contribution in [2.45, 2.75) is 38.0 Å². The van der Waals surface area contributed by atoms with Crippen molar-refractivity contribution in [2.24, 2.45) is 11.7 Å². The average Bonchev–Trinajstić information content (AvgIpc) is 1.80. The smallest absolute Gasteiger partial charge is 0.169 e. The van der Waals surface area contributed by atoms with E-state index in [0.29, 0.717) is 5.92 Å². The van der Waals surface area contributed by atoms with Gasteiger partial charge in [-0.25, -0.2) is 0 Å². The molecule has 3 heteroatoms. The van der Waals surface area contributed by atoms with Crippen LogP contribution in [0.5, 0.6) is 0 Å². The van der Waals surface area contributed by atoms with Crippen molar-refractivity contribution in [3.63, 3.8) is 0 Å². The van der Waals surface area contributed by atoms with Crippen LogP contribution in [0.25, 0.3) is 0 Å². The normalized spacial score (nSPS) is 39.9. The van der Waals surface area contributed by atoms with Gasteiger partial charge >= 0.3 is 0 Å². The molecule has 0 aliphatic heterocycles. The zero-order valence-electron chi connectivity index (χ0n) is 6.25. The van der Waals surface area contributed by atoms with Crippen LogP contribution in [0.4, 0.5) is 0 Å². The zero-order chi connectivity index (χ0) is 7.78. The lowest BCUT2D eigenvalue weighted by Gasteiger charge is -2.45. The lowest BCUT2D eigenvalue weighted by Crippen LogP contribution is -2.59. The topological polar surface area (TPSA) is 66.5 Å². The number of rotatable bonds is 2. The summed E-state index contributed by atoms with van der Waals surface area (Å²) >= 11 is 0. The summed E-state index contributed by atoms with van der Waals surface area (Å²) < 4.78 is 0. The largest absolute Gasteiger partial charge is 0.367 e. The molecular weight excluding hydrogens is 130 g/mol. The van der Waals surface area contributed by atoms with Crippen LogP contribution in [0.15, 0.2) is 0 Å². The van der Waals surface area contributed by atoms with Crippen LogP contribution in [-0.4, -0.2) is 22.0 Å². The Morgan fingerprint density at radius 2 is 2.10 bits per heavy atom. The van der Waals surface area contributed by atoms with Crippen LogP contribution in [0, 0.1) is 5.92 Å². The van der Waals surface area contributed by atoms with Gasteiger partial charge in [0.15, 0.2) is 6.29 Å². The van der Waals surface area contributed by atoms with Crippen molar-refractivity contribution < 1.29 is 10.2 Å². The second-order valence-corrected chi connectivity index (χ2v) is 3.29. The molecule has 0 heterocycles. The van der Waals surface area contributed by atoms with Crippen molar-refractivity contribution in [3.8, 4) is 0 Å². The molecule has 1 aliphatic carbocycles. The molecule has 0 atom stereocenters. The number of nitrogens with two attached hydrogens (primary N) is 1. The van der Waals surface area contributed by atoms with Crippen molar-refractivity contribution in [1.82, 2.24) is 0 Å². The van der Waals surface area contributed by atoms with Crippen LogP contribution >= 0.6 is 0 Å². The molecule has 1 aliphatic rings. The molecule has 60 valence electrons. The predicted octanol–water partition coefficient (Wildman–Crippen LogP) is -0.185. The molecule has 1 saturated carbocycles. The SMILES string of the molecule is CCC1CC(N)(C(O)O)C1. The van der Waals surface area contributed by atoms with Crippen LogP contribution in [0.3, 0.4) is 0 Å². The average molecular weight is 145 g/mol. The summed E-state index contributed by atoms with van der Waals surface area (Å²) in [6.45, 7) is 2.09. The highest BCUT2D eigenvalue weighted by Gasteiger charge is 2.44. The summed E-state index contributed by atoms with van der Waals surface area (Å²) in [6.07, 6.45) is 1.25. The van der Waals surface area contributed by atoms with Gasteiger partial charge in [-0.15, -0.1) is 0 Å². The molecule has 0 radical (unpaired) electrons. The lowest BCUT2D eigenvalue weighted by atomic mass is 9.67. The minimum atomic E-state index is -1.34. The van der Waals surface area contributed by atoms with E-state index in [1.54, 1.807) is 0 Å². The number of hydrogen-bond donors (Lipinski definition) is 3. The number of hydrogen-bond acceptors (Lipinski definition) is 3. The van der Waals surface area contributed by atoms with Crippen LogP contribution in [0.2, 0.25) is 0 Å². The van der Waals surface area contributed by atoms with Crippen LogP contribution < -0.4 is 5.73 Å². The maximum Gasteiger partial charge on any atom is 0.169 e. The molecule has 4 N–H and O–H groups in total. The van der Waals surface area contributed by atoms with Crippen LogP contribution in [0.1, 0.15) is 26.2 Å². The molecule has 0 unspecified atom stereocenters. The fraction of sp³-hybridized carbons (Fsp3) is 1.00. The second kappa shape index (κ2) is 2.49. The maximum absolute atomic E-state index is 8.78. The Morgan fingerprint density at radius 3 is 2.40 bits per heavy atom. The quantitative estimate of drug-likeness (QED) is 0.472. The predicted molar refractivity (Wildman–Crippen MR) is 38.2 cm³/mol. The van der Waals surface area contributed by atoms with Gasteiger partial charge in [-0.05, 0) is 18.8 Å². The molecule has 10 heavy (non-hydrogen) atoms. The first kappa shape index (κ1) is 7.98. The van der Waals surface area contributed by atoms with E-state index in [2.05, 4.69) is 6.92 Å². The fourth-order valence-electron chi connectivity index (χ4n) is 1.51.